The van der Waals surface area contributed by atoms with Gasteiger partial charge in [-0.1, -0.05) is 67.9 Å². The fraction of sp³-hybridized carbons (Fsp3) is 0.393. The summed E-state index contributed by atoms with van der Waals surface area (Å²) in [4.78, 5) is 27.3. The van der Waals surface area contributed by atoms with Crippen molar-refractivity contribution < 1.29 is 4.79 Å². The summed E-state index contributed by atoms with van der Waals surface area (Å²) in [6.45, 7) is 9.13. The molecule has 34 heavy (non-hydrogen) atoms. The third kappa shape index (κ3) is 5.41. The zero-order valence-corrected chi connectivity index (χ0v) is 21.1. The van der Waals surface area contributed by atoms with E-state index in [0.717, 1.165) is 60.3 Å². The summed E-state index contributed by atoms with van der Waals surface area (Å²) in [5.41, 5.74) is 4.55. The van der Waals surface area contributed by atoms with Crippen LogP contribution >= 0.6 is 11.6 Å². The molecule has 1 saturated heterocycles. The molecule has 0 radical (unpaired) electrons. The molecule has 6 heteroatoms. The number of benzene rings is 2. The van der Waals surface area contributed by atoms with Gasteiger partial charge in [0.2, 0.25) is 5.91 Å². The van der Waals surface area contributed by atoms with E-state index < -0.39 is 0 Å². The summed E-state index contributed by atoms with van der Waals surface area (Å²) < 4.78 is 0. The molecule has 1 fully saturated rings. The Labute approximate surface area is 207 Å². The van der Waals surface area contributed by atoms with Gasteiger partial charge < -0.3 is 9.80 Å². The monoisotopic (exact) mass is 476 g/mol. The Hall–Kier alpha value is -2.92. The maximum absolute atomic E-state index is 13.3. The van der Waals surface area contributed by atoms with Crippen LogP contribution in [0, 0.1) is 6.92 Å². The minimum absolute atomic E-state index is 0.0822. The van der Waals surface area contributed by atoms with E-state index in [0.29, 0.717) is 13.1 Å². The molecule has 1 amide bonds. The minimum Gasteiger partial charge on any atom is -0.353 e. The van der Waals surface area contributed by atoms with Gasteiger partial charge in [-0.3, -0.25) is 4.79 Å². The number of anilines is 1. The van der Waals surface area contributed by atoms with Crippen molar-refractivity contribution in [3.63, 3.8) is 0 Å². The van der Waals surface area contributed by atoms with E-state index in [1.807, 2.05) is 42.2 Å². The Kier molecular flexibility index (Phi) is 7.84. The summed E-state index contributed by atoms with van der Waals surface area (Å²) >= 11 is 6.09. The fourth-order valence-corrected chi connectivity index (χ4v) is 4.90. The van der Waals surface area contributed by atoms with E-state index in [4.69, 9.17) is 21.6 Å². The molecular formula is C28H33ClN4O. The molecule has 0 N–H and O–H groups in total. The van der Waals surface area contributed by atoms with Crippen LogP contribution in [0.25, 0.3) is 0 Å². The molecule has 2 aromatic carbocycles. The van der Waals surface area contributed by atoms with Gasteiger partial charge in [-0.15, -0.1) is 0 Å². The fourth-order valence-electron chi connectivity index (χ4n) is 4.78. The first-order valence-corrected chi connectivity index (χ1v) is 12.6. The molecule has 0 aliphatic carbocycles. The van der Waals surface area contributed by atoms with E-state index in [9.17, 15) is 4.79 Å². The van der Waals surface area contributed by atoms with Crippen LogP contribution in [0.1, 0.15) is 54.4 Å². The summed E-state index contributed by atoms with van der Waals surface area (Å²) in [7, 11) is 0. The van der Waals surface area contributed by atoms with Crippen LogP contribution in [0.15, 0.2) is 54.6 Å². The standard InChI is InChI=1S/C28H33ClN4O/c1-4-24(22-9-7-6-8-10-22)28(34)33-17-15-32(16-18-33)27-25(26(5-2)30-20(3)31-27)19-21-11-13-23(29)14-12-21/h6-14,24H,4-5,15-19H2,1-3H3/t24-/m0/s1. The van der Waals surface area contributed by atoms with Crippen molar-refractivity contribution in [2.24, 2.45) is 0 Å². The van der Waals surface area contributed by atoms with Crippen molar-refractivity contribution >= 4 is 23.3 Å². The first-order valence-electron chi connectivity index (χ1n) is 12.2. The third-order valence-corrected chi connectivity index (χ3v) is 6.86. The second-order valence-corrected chi connectivity index (χ2v) is 9.30. The van der Waals surface area contributed by atoms with Gasteiger partial charge in [0.1, 0.15) is 11.6 Å². The number of aromatic nitrogens is 2. The van der Waals surface area contributed by atoms with Gasteiger partial charge in [-0.2, -0.15) is 0 Å². The molecule has 3 aromatic rings. The Morgan fingerprint density at radius 1 is 0.971 bits per heavy atom. The lowest BCUT2D eigenvalue weighted by atomic mass is 9.94. The number of hydrogen-bond donors (Lipinski definition) is 0. The van der Waals surface area contributed by atoms with Gasteiger partial charge in [0.05, 0.1) is 5.92 Å². The summed E-state index contributed by atoms with van der Waals surface area (Å²) in [5.74, 6) is 1.94. The van der Waals surface area contributed by atoms with Crippen LogP contribution in [0.2, 0.25) is 5.02 Å². The number of amides is 1. The first-order chi connectivity index (χ1) is 16.5. The zero-order valence-electron chi connectivity index (χ0n) is 20.3. The first kappa shape index (κ1) is 24.2. The second kappa shape index (κ2) is 11.0. The molecule has 178 valence electrons. The lowest BCUT2D eigenvalue weighted by molar-refractivity contribution is -0.133. The molecular weight excluding hydrogens is 444 g/mol. The van der Waals surface area contributed by atoms with Gasteiger partial charge in [-0.25, -0.2) is 9.97 Å². The van der Waals surface area contributed by atoms with Crippen LogP contribution < -0.4 is 4.90 Å². The van der Waals surface area contributed by atoms with Crippen LogP contribution in [0.3, 0.4) is 0 Å². The summed E-state index contributed by atoms with van der Waals surface area (Å²) in [6, 6.07) is 18.1. The highest BCUT2D eigenvalue weighted by molar-refractivity contribution is 6.30. The van der Waals surface area contributed by atoms with Crippen molar-refractivity contribution in [3.8, 4) is 0 Å². The van der Waals surface area contributed by atoms with Crippen LogP contribution in [0.4, 0.5) is 5.82 Å². The number of rotatable bonds is 7. The number of aryl methyl sites for hydroxylation is 2. The quantitative estimate of drug-likeness (QED) is 0.456. The minimum atomic E-state index is -0.0822. The van der Waals surface area contributed by atoms with Gasteiger partial charge in [-0.05, 0) is 43.0 Å². The highest BCUT2D eigenvalue weighted by Gasteiger charge is 2.29. The lowest BCUT2D eigenvalue weighted by Crippen LogP contribution is -2.50. The number of piperazine rings is 1. The number of carbonyl (C=O) groups is 1. The van der Waals surface area contributed by atoms with Crippen molar-refractivity contribution in [2.45, 2.75) is 46.0 Å². The molecule has 1 aromatic heterocycles. The average Bonchev–Trinajstić information content (AvgIpc) is 2.87. The third-order valence-electron chi connectivity index (χ3n) is 6.61. The SMILES string of the molecule is CCc1nc(C)nc(N2CCN(C(=O)[C@@H](CC)c3ccccc3)CC2)c1Cc1ccc(Cl)cc1. The van der Waals surface area contributed by atoms with Crippen molar-refractivity contribution in [1.82, 2.24) is 14.9 Å². The van der Waals surface area contributed by atoms with E-state index in [1.54, 1.807) is 0 Å². The Bertz CT molecular complexity index is 1110. The van der Waals surface area contributed by atoms with E-state index >= 15 is 0 Å². The molecule has 0 unspecified atom stereocenters. The number of hydrogen-bond acceptors (Lipinski definition) is 4. The highest BCUT2D eigenvalue weighted by atomic mass is 35.5. The van der Waals surface area contributed by atoms with Crippen LogP contribution in [0.5, 0.6) is 0 Å². The summed E-state index contributed by atoms with van der Waals surface area (Å²) in [6.07, 6.45) is 2.42. The predicted octanol–water partition coefficient (Wildman–Crippen LogP) is 5.43. The van der Waals surface area contributed by atoms with Crippen LogP contribution in [-0.4, -0.2) is 47.0 Å². The van der Waals surface area contributed by atoms with Gasteiger partial charge in [0.25, 0.3) is 0 Å². The molecule has 1 aliphatic rings. The van der Waals surface area contributed by atoms with Gasteiger partial charge in [0.15, 0.2) is 0 Å². The normalized spacial score (nSPS) is 14.8. The molecule has 1 aliphatic heterocycles. The largest absolute Gasteiger partial charge is 0.353 e. The number of nitrogens with zero attached hydrogens (tertiary/aromatic N) is 4. The molecule has 1 atom stereocenters. The van der Waals surface area contributed by atoms with E-state index in [2.05, 4.69) is 43.0 Å². The smallest absolute Gasteiger partial charge is 0.230 e. The van der Waals surface area contributed by atoms with E-state index in [-0.39, 0.29) is 11.8 Å². The number of halogens is 1. The molecule has 4 rings (SSSR count). The lowest BCUT2D eigenvalue weighted by Gasteiger charge is -2.38. The molecule has 0 bridgehead atoms. The highest BCUT2D eigenvalue weighted by Crippen LogP contribution is 2.28. The molecule has 0 spiro atoms. The Morgan fingerprint density at radius 2 is 1.65 bits per heavy atom. The molecule has 0 saturated carbocycles. The maximum Gasteiger partial charge on any atom is 0.230 e. The van der Waals surface area contributed by atoms with Gasteiger partial charge in [0, 0.05) is 48.9 Å². The van der Waals surface area contributed by atoms with Crippen molar-refractivity contribution in [1.29, 1.82) is 0 Å². The molecule has 2 heterocycles. The Morgan fingerprint density at radius 3 is 2.26 bits per heavy atom. The van der Waals surface area contributed by atoms with Gasteiger partial charge >= 0.3 is 0 Å². The van der Waals surface area contributed by atoms with E-state index in [1.165, 1.54) is 11.1 Å². The van der Waals surface area contributed by atoms with Crippen LogP contribution in [-0.2, 0) is 17.6 Å². The second-order valence-electron chi connectivity index (χ2n) is 8.86. The molecule has 5 nitrogen and oxygen atoms in total. The summed E-state index contributed by atoms with van der Waals surface area (Å²) in [5, 5.41) is 0.738. The van der Waals surface area contributed by atoms with Crippen molar-refractivity contribution in [3.05, 3.63) is 87.8 Å². The Balaban J connectivity index is 1.53. The van der Waals surface area contributed by atoms with Crippen molar-refractivity contribution in [2.75, 3.05) is 31.1 Å². The average molecular weight is 477 g/mol. The maximum atomic E-state index is 13.3. The predicted molar refractivity (Wildman–Crippen MR) is 139 cm³/mol. The zero-order chi connectivity index (χ0) is 24.1. The number of carbonyl (C=O) groups excluding carboxylic acids is 1. The topological polar surface area (TPSA) is 49.3 Å².